The number of hydrogen-bond acceptors (Lipinski definition) is 4. The maximum Gasteiger partial charge on any atom is 0.251 e. The third-order valence-corrected chi connectivity index (χ3v) is 4.16. The molecule has 0 aliphatic rings. The largest absolute Gasteiger partial charge is 0.323 e. The van der Waals surface area contributed by atoms with E-state index in [-0.39, 0.29) is 17.2 Å². The highest BCUT2D eigenvalue weighted by Gasteiger charge is 2.18. The highest BCUT2D eigenvalue weighted by atomic mass is 32.2. The smallest absolute Gasteiger partial charge is 0.251 e. The number of aromatic nitrogens is 2. The summed E-state index contributed by atoms with van der Waals surface area (Å²) in [6, 6.07) is 4.31. The molecule has 1 atom stereocenters. The van der Waals surface area contributed by atoms with Gasteiger partial charge in [-0.15, -0.1) is 0 Å². The molecule has 0 aliphatic carbocycles. The molecule has 0 saturated carbocycles. The molecule has 0 saturated heterocycles. The second kappa shape index (κ2) is 7.57. The van der Waals surface area contributed by atoms with Crippen molar-refractivity contribution in [2.45, 2.75) is 37.1 Å². The lowest BCUT2D eigenvalue weighted by Gasteiger charge is -2.13. The summed E-state index contributed by atoms with van der Waals surface area (Å²) in [6.07, 6.45) is 0. The van der Waals surface area contributed by atoms with Crippen LogP contribution in [0.25, 0.3) is 0 Å². The van der Waals surface area contributed by atoms with E-state index in [0.29, 0.717) is 16.9 Å². The number of amides is 1. The van der Waals surface area contributed by atoms with Gasteiger partial charge in [-0.1, -0.05) is 25.6 Å². The van der Waals surface area contributed by atoms with Gasteiger partial charge in [-0.2, -0.15) is 0 Å². The Balaban J connectivity index is 2.10. The van der Waals surface area contributed by atoms with Crippen molar-refractivity contribution in [3.63, 3.8) is 0 Å². The van der Waals surface area contributed by atoms with E-state index in [0.717, 1.165) is 23.9 Å². The SMILES string of the molecule is CC(Sc1nc(C(C)C)cc(=O)[nH]1)C(=O)Nc1ccc(F)cc1F. The van der Waals surface area contributed by atoms with Gasteiger partial charge in [-0.25, -0.2) is 13.8 Å². The zero-order valence-electron chi connectivity index (χ0n) is 13.4. The molecule has 5 nitrogen and oxygen atoms in total. The monoisotopic (exact) mass is 353 g/mol. The number of benzene rings is 1. The highest BCUT2D eigenvalue weighted by Crippen LogP contribution is 2.22. The molecular formula is C16H17F2N3O2S. The van der Waals surface area contributed by atoms with Crippen LogP contribution < -0.4 is 10.9 Å². The molecule has 2 rings (SSSR count). The molecule has 0 radical (unpaired) electrons. The van der Waals surface area contributed by atoms with Crippen molar-refractivity contribution < 1.29 is 13.6 Å². The number of thioether (sulfide) groups is 1. The van der Waals surface area contributed by atoms with Gasteiger partial charge >= 0.3 is 0 Å². The molecule has 128 valence electrons. The van der Waals surface area contributed by atoms with Crippen LogP contribution in [0.15, 0.2) is 34.2 Å². The lowest BCUT2D eigenvalue weighted by Crippen LogP contribution is -2.24. The van der Waals surface area contributed by atoms with Crippen LogP contribution in [0.3, 0.4) is 0 Å². The molecule has 1 aromatic carbocycles. The van der Waals surface area contributed by atoms with Gasteiger partial charge in [-0.3, -0.25) is 9.59 Å². The first-order chi connectivity index (χ1) is 11.3. The summed E-state index contributed by atoms with van der Waals surface area (Å²) in [5.74, 6) is -1.98. The van der Waals surface area contributed by atoms with Crippen LogP contribution >= 0.6 is 11.8 Å². The normalized spacial score (nSPS) is 12.2. The summed E-state index contributed by atoms with van der Waals surface area (Å²) in [4.78, 5) is 30.6. The lowest BCUT2D eigenvalue weighted by atomic mass is 10.1. The van der Waals surface area contributed by atoms with E-state index in [1.54, 1.807) is 6.92 Å². The van der Waals surface area contributed by atoms with E-state index in [4.69, 9.17) is 0 Å². The molecule has 1 heterocycles. The molecule has 1 amide bonds. The molecule has 2 aromatic rings. The molecule has 0 spiro atoms. The van der Waals surface area contributed by atoms with E-state index >= 15 is 0 Å². The Hall–Kier alpha value is -2.22. The van der Waals surface area contributed by atoms with Crippen LogP contribution in [-0.2, 0) is 4.79 Å². The average Bonchev–Trinajstić information content (AvgIpc) is 2.49. The Labute approximate surface area is 141 Å². The molecule has 2 N–H and O–H groups in total. The van der Waals surface area contributed by atoms with Crippen molar-refractivity contribution >= 4 is 23.4 Å². The minimum absolute atomic E-state index is 0.0732. The zero-order chi connectivity index (χ0) is 17.9. The molecule has 0 bridgehead atoms. The fourth-order valence-electron chi connectivity index (χ4n) is 1.85. The fourth-order valence-corrected chi connectivity index (χ4v) is 2.67. The van der Waals surface area contributed by atoms with Crippen molar-refractivity contribution in [3.05, 3.63) is 51.9 Å². The maximum atomic E-state index is 13.6. The van der Waals surface area contributed by atoms with Gasteiger partial charge in [-0.05, 0) is 25.0 Å². The third-order valence-electron chi connectivity index (χ3n) is 3.18. The predicted octanol–water partition coefficient (Wildman–Crippen LogP) is 3.29. The first kappa shape index (κ1) is 18.1. The first-order valence-electron chi connectivity index (χ1n) is 7.30. The van der Waals surface area contributed by atoms with E-state index in [9.17, 15) is 18.4 Å². The summed E-state index contributed by atoms with van der Waals surface area (Å²) >= 11 is 1.05. The molecule has 0 fully saturated rings. The minimum atomic E-state index is -0.853. The quantitative estimate of drug-likeness (QED) is 0.639. The Morgan fingerprint density at radius 3 is 2.58 bits per heavy atom. The highest BCUT2D eigenvalue weighted by molar-refractivity contribution is 8.00. The Morgan fingerprint density at radius 1 is 1.25 bits per heavy atom. The number of nitrogens with one attached hydrogen (secondary N) is 2. The van der Waals surface area contributed by atoms with Crippen LogP contribution in [0.1, 0.15) is 32.4 Å². The van der Waals surface area contributed by atoms with Crippen LogP contribution in [0.2, 0.25) is 0 Å². The van der Waals surface area contributed by atoms with Gasteiger partial charge in [0.2, 0.25) is 5.91 Å². The van der Waals surface area contributed by atoms with Gasteiger partial charge in [0.25, 0.3) is 5.56 Å². The second-order valence-corrected chi connectivity index (χ2v) is 6.83. The zero-order valence-corrected chi connectivity index (χ0v) is 14.2. The van der Waals surface area contributed by atoms with Crippen molar-refractivity contribution in [2.24, 2.45) is 0 Å². The number of nitrogens with zero attached hydrogens (tertiary/aromatic N) is 1. The molecular weight excluding hydrogens is 336 g/mol. The second-order valence-electron chi connectivity index (χ2n) is 5.50. The van der Waals surface area contributed by atoms with E-state index in [2.05, 4.69) is 15.3 Å². The number of aromatic amines is 1. The predicted molar refractivity (Wildman–Crippen MR) is 89.3 cm³/mol. The van der Waals surface area contributed by atoms with Crippen molar-refractivity contribution in [1.29, 1.82) is 0 Å². The first-order valence-corrected chi connectivity index (χ1v) is 8.18. The van der Waals surface area contributed by atoms with Gasteiger partial charge < -0.3 is 10.3 Å². The maximum absolute atomic E-state index is 13.6. The number of carbonyl (C=O) groups excluding carboxylic acids is 1. The summed E-state index contributed by atoms with van der Waals surface area (Å²) < 4.78 is 26.4. The summed E-state index contributed by atoms with van der Waals surface area (Å²) in [6.45, 7) is 5.41. The summed E-state index contributed by atoms with van der Waals surface area (Å²) in [7, 11) is 0. The number of hydrogen-bond donors (Lipinski definition) is 2. The van der Waals surface area contributed by atoms with E-state index < -0.39 is 22.8 Å². The molecule has 24 heavy (non-hydrogen) atoms. The van der Waals surface area contributed by atoms with Crippen LogP contribution in [0, 0.1) is 11.6 Å². The molecule has 1 unspecified atom stereocenters. The lowest BCUT2D eigenvalue weighted by molar-refractivity contribution is -0.115. The van der Waals surface area contributed by atoms with Gasteiger partial charge in [0.1, 0.15) is 11.6 Å². The standard InChI is InChI=1S/C16H17F2N3O2S/c1-8(2)13-7-14(22)21-16(20-13)24-9(3)15(23)19-12-5-4-10(17)6-11(12)18/h4-9H,1-3H3,(H,19,23)(H,20,21,22). The Kier molecular flexibility index (Phi) is 5.71. The number of carbonyl (C=O) groups is 1. The van der Waals surface area contributed by atoms with Crippen molar-refractivity contribution in [2.75, 3.05) is 5.32 Å². The van der Waals surface area contributed by atoms with Gasteiger partial charge in [0.05, 0.1) is 16.6 Å². The number of H-pyrrole nitrogens is 1. The molecule has 0 aliphatic heterocycles. The number of halogens is 2. The molecule has 1 aromatic heterocycles. The average molecular weight is 353 g/mol. The minimum Gasteiger partial charge on any atom is -0.323 e. The third kappa shape index (κ3) is 4.64. The summed E-state index contributed by atoms with van der Waals surface area (Å²) in [5.41, 5.74) is 0.220. The Bertz CT molecular complexity index is 808. The van der Waals surface area contributed by atoms with Gasteiger partial charge in [0, 0.05) is 12.1 Å². The van der Waals surface area contributed by atoms with Crippen molar-refractivity contribution in [1.82, 2.24) is 9.97 Å². The van der Waals surface area contributed by atoms with E-state index in [1.807, 2.05) is 13.8 Å². The topological polar surface area (TPSA) is 74.8 Å². The van der Waals surface area contributed by atoms with Crippen LogP contribution in [0.4, 0.5) is 14.5 Å². The van der Waals surface area contributed by atoms with Crippen LogP contribution in [0.5, 0.6) is 0 Å². The Morgan fingerprint density at radius 2 is 1.96 bits per heavy atom. The fraction of sp³-hybridized carbons (Fsp3) is 0.312. The molecule has 8 heteroatoms. The van der Waals surface area contributed by atoms with Gasteiger partial charge in [0.15, 0.2) is 5.16 Å². The van der Waals surface area contributed by atoms with Crippen molar-refractivity contribution in [3.8, 4) is 0 Å². The number of rotatable bonds is 5. The summed E-state index contributed by atoms with van der Waals surface area (Å²) in [5, 5.41) is 2.06. The van der Waals surface area contributed by atoms with Crippen LogP contribution in [-0.4, -0.2) is 21.1 Å². The van der Waals surface area contributed by atoms with E-state index in [1.165, 1.54) is 6.07 Å². The number of anilines is 1.